The van der Waals surface area contributed by atoms with E-state index in [-0.39, 0.29) is 5.91 Å². The Morgan fingerprint density at radius 1 is 1.18 bits per heavy atom. The van der Waals surface area contributed by atoms with Crippen molar-refractivity contribution in [3.05, 3.63) is 58.9 Å². The van der Waals surface area contributed by atoms with Crippen LogP contribution in [0, 0.1) is 0 Å². The molecule has 0 spiro atoms. The zero-order chi connectivity index (χ0) is 19.1. The molecule has 1 amide bonds. The Morgan fingerprint density at radius 3 is 2.75 bits per heavy atom. The van der Waals surface area contributed by atoms with E-state index >= 15 is 0 Å². The van der Waals surface area contributed by atoms with E-state index in [1.54, 1.807) is 6.08 Å². The molecule has 0 unspecified atom stereocenters. The van der Waals surface area contributed by atoms with Gasteiger partial charge in [-0.05, 0) is 12.1 Å². The van der Waals surface area contributed by atoms with Gasteiger partial charge < -0.3 is 14.0 Å². The minimum Gasteiger partial charge on any atom is -0.486 e. The zero-order valence-corrected chi connectivity index (χ0v) is 16.4. The number of hydrogen-bond donors (Lipinski definition) is 0. The predicted octanol–water partition coefficient (Wildman–Crippen LogP) is 4.01. The SMILES string of the molecule is C=CCn1c(=NC(=O)c2nc3ccccc3s2)sc2cc3c(cc21)OCCO3. The van der Waals surface area contributed by atoms with Crippen molar-refractivity contribution in [3.63, 3.8) is 0 Å². The van der Waals surface area contributed by atoms with E-state index in [0.29, 0.717) is 35.3 Å². The standard InChI is InChI=1S/C20H15N3O3S2/c1-2-7-23-13-10-14-15(26-9-8-25-14)11-17(13)28-20(23)22-18(24)19-21-12-5-3-4-6-16(12)27-19/h2-6,10-11H,1,7-9H2. The molecule has 2 aromatic heterocycles. The largest absolute Gasteiger partial charge is 0.486 e. The Bertz CT molecular complexity index is 1270. The van der Waals surface area contributed by atoms with Crippen molar-refractivity contribution in [2.75, 3.05) is 13.2 Å². The van der Waals surface area contributed by atoms with Crippen LogP contribution in [-0.4, -0.2) is 28.7 Å². The van der Waals surface area contributed by atoms with Crippen molar-refractivity contribution < 1.29 is 14.3 Å². The Labute approximate surface area is 168 Å². The average Bonchev–Trinajstić information content (AvgIpc) is 3.28. The van der Waals surface area contributed by atoms with Crippen molar-refractivity contribution in [2.24, 2.45) is 4.99 Å². The van der Waals surface area contributed by atoms with Crippen molar-refractivity contribution in [2.45, 2.75) is 6.54 Å². The third-order valence-corrected chi connectivity index (χ3v) is 6.40. The molecule has 2 aromatic carbocycles. The third-order valence-electron chi connectivity index (χ3n) is 4.33. The van der Waals surface area contributed by atoms with Crippen molar-refractivity contribution in [3.8, 4) is 11.5 Å². The van der Waals surface area contributed by atoms with Gasteiger partial charge in [0.05, 0.1) is 20.4 Å². The number of thiazole rings is 2. The number of rotatable bonds is 3. The van der Waals surface area contributed by atoms with Gasteiger partial charge in [-0.15, -0.1) is 17.9 Å². The van der Waals surface area contributed by atoms with Gasteiger partial charge in [0.15, 0.2) is 21.3 Å². The van der Waals surface area contributed by atoms with Crippen LogP contribution in [0.15, 0.2) is 54.0 Å². The molecular weight excluding hydrogens is 394 g/mol. The van der Waals surface area contributed by atoms with Crippen LogP contribution in [0.4, 0.5) is 0 Å². The molecule has 0 aliphatic carbocycles. The minimum absolute atomic E-state index is 0.345. The number of hydrogen-bond acceptors (Lipinski definition) is 6. The van der Waals surface area contributed by atoms with E-state index in [1.165, 1.54) is 22.7 Å². The van der Waals surface area contributed by atoms with Gasteiger partial charge in [-0.25, -0.2) is 4.98 Å². The van der Waals surface area contributed by atoms with Gasteiger partial charge in [0.25, 0.3) is 0 Å². The number of amides is 1. The minimum atomic E-state index is -0.345. The lowest BCUT2D eigenvalue weighted by molar-refractivity contribution is 0.0997. The molecule has 5 rings (SSSR count). The monoisotopic (exact) mass is 409 g/mol. The average molecular weight is 409 g/mol. The summed E-state index contributed by atoms with van der Waals surface area (Å²) < 4.78 is 15.3. The summed E-state index contributed by atoms with van der Waals surface area (Å²) >= 11 is 2.79. The van der Waals surface area contributed by atoms with Gasteiger partial charge in [0, 0.05) is 18.7 Å². The smallest absolute Gasteiger partial charge is 0.308 e. The van der Waals surface area contributed by atoms with E-state index < -0.39 is 0 Å². The summed E-state index contributed by atoms with van der Waals surface area (Å²) in [6.07, 6.45) is 1.78. The highest BCUT2D eigenvalue weighted by molar-refractivity contribution is 7.20. The molecule has 3 heterocycles. The topological polar surface area (TPSA) is 65.7 Å². The van der Waals surface area contributed by atoms with Gasteiger partial charge in [0.1, 0.15) is 13.2 Å². The lowest BCUT2D eigenvalue weighted by atomic mass is 10.2. The quantitative estimate of drug-likeness (QED) is 0.480. The van der Waals surface area contributed by atoms with Crippen LogP contribution >= 0.6 is 22.7 Å². The zero-order valence-electron chi connectivity index (χ0n) is 14.8. The first-order valence-corrected chi connectivity index (χ1v) is 10.3. The highest BCUT2D eigenvalue weighted by atomic mass is 32.1. The molecule has 0 saturated heterocycles. The first-order chi connectivity index (χ1) is 13.7. The maximum absolute atomic E-state index is 12.8. The number of aromatic nitrogens is 2. The maximum atomic E-state index is 12.8. The Kier molecular flexibility index (Phi) is 4.22. The number of carbonyl (C=O) groups is 1. The van der Waals surface area contributed by atoms with Crippen molar-refractivity contribution in [1.82, 2.24) is 9.55 Å². The fourth-order valence-corrected chi connectivity index (χ4v) is 4.99. The van der Waals surface area contributed by atoms with Crippen LogP contribution in [-0.2, 0) is 6.54 Å². The van der Waals surface area contributed by atoms with Crippen molar-refractivity contribution >= 4 is 49.0 Å². The molecular formula is C20H15N3O3S2. The molecule has 0 radical (unpaired) electrons. The lowest BCUT2D eigenvalue weighted by Gasteiger charge is -2.18. The van der Waals surface area contributed by atoms with Gasteiger partial charge in [-0.2, -0.15) is 4.99 Å². The number of allylic oxidation sites excluding steroid dienone is 1. The van der Waals surface area contributed by atoms with E-state index in [4.69, 9.17) is 9.47 Å². The summed E-state index contributed by atoms with van der Waals surface area (Å²) in [5.74, 6) is 1.08. The summed E-state index contributed by atoms with van der Waals surface area (Å²) in [5, 5.41) is 0.384. The van der Waals surface area contributed by atoms with Crippen molar-refractivity contribution in [1.29, 1.82) is 0 Å². The molecule has 0 N–H and O–H groups in total. The summed E-state index contributed by atoms with van der Waals surface area (Å²) in [6, 6.07) is 11.6. The van der Waals surface area contributed by atoms with E-state index in [2.05, 4.69) is 16.6 Å². The number of para-hydroxylation sites is 1. The predicted molar refractivity (Wildman–Crippen MR) is 111 cm³/mol. The molecule has 140 valence electrons. The molecule has 8 heteroatoms. The molecule has 0 bridgehead atoms. The number of carbonyl (C=O) groups excluding carboxylic acids is 1. The van der Waals surface area contributed by atoms with Gasteiger partial charge >= 0.3 is 5.91 Å². The maximum Gasteiger partial charge on any atom is 0.308 e. The molecule has 1 aliphatic rings. The number of fused-ring (bicyclic) bond motifs is 3. The second-order valence-corrected chi connectivity index (χ2v) is 8.19. The van der Waals surface area contributed by atoms with Crippen LogP contribution in [0.1, 0.15) is 9.80 Å². The Balaban J connectivity index is 1.64. The molecule has 0 atom stereocenters. The van der Waals surface area contributed by atoms with E-state index in [0.717, 1.165) is 26.2 Å². The van der Waals surface area contributed by atoms with E-state index in [9.17, 15) is 4.79 Å². The first-order valence-electron chi connectivity index (χ1n) is 8.71. The molecule has 4 aromatic rings. The van der Waals surface area contributed by atoms with Gasteiger partial charge in [0.2, 0.25) is 0 Å². The highest BCUT2D eigenvalue weighted by Crippen LogP contribution is 2.35. The Hall–Kier alpha value is -2.97. The summed E-state index contributed by atoms with van der Waals surface area (Å²) in [5.41, 5.74) is 1.74. The van der Waals surface area contributed by atoms with Crippen LogP contribution in [0.2, 0.25) is 0 Å². The van der Waals surface area contributed by atoms with Gasteiger partial charge in [-0.3, -0.25) is 4.79 Å². The van der Waals surface area contributed by atoms with Crippen LogP contribution in [0.3, 0.4) is 0 Å². The van der Waals surface area contributed by atoms with Crippen LogP contribution in [0.25, 0.3) is 20.4 Å². The Morgan fingerprint density at radius 2 is 1.96 bits per heavy atom. The third kappa shape index (κ3) is 2.90. The second kappa shape index (κ2) is 6.88. The highest BCUT2D eigenvalue weighted by Gasteiger charge is 2.17. The molecule has 6 nitrogen and oxygen atoms in total. The fraction of sp³-hybridized carbons (Fsp3) is 0.150. The van der Waals surface area contributed by atoms with E-state index in [1.807, 2.05) is 41.0 Å². The fourth-order valence-electron chi connectivity index (χ4n) is 3.10. The summed E-state index contributed by atoms with van der Waals surface area (Å²) in [4.78, 5) is 22.2. The van der Waals surface area contributed by atoms with Gasteiger partial charge in [-0.1, -0.05) is 29.5 Å². The number of benzene rings is 2. The summed E-state index contributed by atoms with van der Waals surface area (Å²) in [6.45, 7) is 5.42. The second-order valence-electron chi connectivity index (χ2n) is 6.15. The summed E-state index contributed by atoms with van der Waals surface area (Å²) in [7, 11) is 0. The first kappa shape index (κ1) is 17.2. The molecule has 0 saturated carbocycles. The molecule has 0 fully saturated rings. The lowest BCUT2D eigenvalue weighted by Crippen LogP contribution is -2.17. The normalized spacial score (nSPS) is 13.9. The number of nitrogens with zero attached hydrogens (tertiary/aromatic N) is 3. The molecule has 28 heavy (non-hydrogen) atoms. The van der Waals surface area contributed by atoms with Crippen LogP contribution in [0.5, 0.6) is 11.5 Å². The van der Waals surface area contributed by atoms with Crippen LogP contribution < -0.4 is 14.3 Å². The number of ether oxygens (including phenoxy) is 2. The molecule has 1 aliphatic heterocycles.